The minimum Gasteiger partial charge on any atom is -0.481 e. The van der Waals surface area contributed by atoms with Crippen molar-refractivity contribution in [3.05, 3.63) is 0 Å². The second kappa shape index (κ2) is 21.3. The molecule has 0 aliphatic heterocycles. The molecule has 186 valence electrons. The maximum Gasteiger partial charge on any atom is 0.309 e. The van der Waals surface area contributed by atoms with Crippen LogP contribution in [0.15, 0.2) is 0 Å². The molecule has 0 saturated carbocycles. The number of carboxylic acid groups (broad SMARTS) is 1. The largest absolute Gasteiger partial charge is 0.481 e. The van der Waals surface area contributed by atoms with Gasteiger partial charge in [0.1, 0.15) is 0 Å². The fourth-order valence-corrected chi connectivity index (χ4v) is 5.43. The molecule has 0 fully saturated rings. The fraction of sp³-hybridized carbons (Fsp3) is 0.966. The number of aliphatic carboxylic acids is 1. The minimum absolute atomic E-state index is 0.341. The van der Waals surface area contributed by atoms with Crippen LogP contribution in [-0.2, 0) is 4.79 Å². The van der Waals surface area contributed by atoms with Crippen LogP contribution in [0.4, 0.5) is 0 Å². The van der Waals surface area contributed by atoms with E-state index in [1.54, 1.807) is 0 Å². The van der Waals surface area contributed by atoms with Crippen molar-refractivity contribution < 1.29 is 9.90 Å². The van der Waals surface area contributed by atoms with Gasteiger partial charge in [-0.2, -0.15) is 0 Å². The van der Waals surface area contributed by atoms with Gasteiger partial charge in [-0.1, -0.05) is 150 Å². The van der Waals surface area contributed by atoms with Gasteiger partial charge in [0.25, 0.3) is 0 Å². The third-order valence-electron chi connectivity index (χ3n) is 7.71. The van der Waals surface area contributed by atoms with Gasteiger partial charge in [-0.05, 0) is 25.2 Å². The van der Waals surface area contributed by atoms with Crippen molar-refractivity contribution in [1.82, 2.24) is 0 Å². The maximum absolute atomic E-state index is 12.4. The molecule has 1 N–H and O–H groups in total. The molecule has 0 aromatic rings. The predicted molar refractivity (Wildman–Crippen MR) is 138 cm³/mol. The monoisotopic (exact) mass is 438 g/mol. The van der Waals surface area contributed by atoms with E-state index in [1.807, 2.05) is 0 Å². The lowest BCUT2D eigenvalue weighted by atomic mass is 9.67. The smallest absolute Gasteiger partial charge is 0.309 e. The zero-order valence-electron chi connectivity index (χ0n) is 22.0. The van der Waals surface area contributed by atoms with Crippen molar-refractivity contribution in [2.45, 2.75) is 169 Å². The molecule has 0 saturated heterocycles. The van der Waals surface area contributed by atoms with Crippen LogP contribution in [0.2, 0.25) is 0 Å². The maximum atomic E-state index is 12.4. The summed E-state index contributed by atoms with van der Waals surface area (Å²) in [5.74, 6) is -0.189. The first-order chi connectivity index (χ1) is 15.1. The second-order valence-electron chi connectivity index (χ2n) is 10.1. The summed E-state index contributed by atoms with van der Waals surface area (Å²) in [4.78, 5) is 12.4. The first-order valence-electron chi connectivity index (χ1n) is 14.3. The quantitative estimate of drug-likeness (QED) is 0.152. The van der Waals surface area contributed by atoms with Crippen molar-refractivity contribution in [1.29, 1.82) is 0 Å². The lowest BCUT2D eigenvalue weighted by Crippen LogP contribution is -2.38. The molecule has 0 bridgehead atoms. The van der Waals surface area contributed by atoms with E-state index in [0.29, 0.717) is 5.92 Å². The van der Waals surface area contributed by atoms with E-state index < -0.39 is 11.4 Å². The molecule has 2 nitrogen and oxygen atoms in total. The second-order valence-corrected chi connectivity index (χ2v) is 10.1. The van der Waals surface area contributed by atoms with Crippen molar-refractivity contribution >= 4 is 5.97 Å². The van der Waals surface area contributed by atoms with Crippen LogP contribution in [0, 0.1) is 11.3 Å². The molecule has 2 unspecified atom stereocenters. The van der Waals surface area contributed by atoms with Crippen molar-refractivity contribution in [3.63, 3.8) is 0 Å². The van der Waals surface area contributed by atoms with Crippen LogP contribution < -0.4 is 0 Å². The number of carbonyl (C=O) groups is 1. The zero-order valence-corrected chi connectivity index (χ0v) is 22.0. The molecule has 0 rings (SSSR count). The zero-order chi connectivity index (χ0) is 23.2. The molecule has 0 aromatic carbocycles. The molecule has 0 aliphatic rings. The van der Waals surface area contributed by atoms with Gasteiger partial charge in [0.2, 0.25) is 0 Å². The molecule has 0 radical (unpaired) electrons. The number of rotatable bonds is 24. The SMILES string of the molecule is CCCCCCCCCCCC(CC)C(CC)(CCCCCCCCCCC)C(=O)O. The van der Waals surface area contributed by atoms with E-state index >= 15 is 0 Å². The van der Waals surface area contributed by atoms with Crippen LogP contribution in [0.5, 0.6) is 0 Å². The van der Waals surface area contributed by atoms with Gasteiger partial charge in [-0.15, -0.1) is 0 Å². The molecular weight excluding hydrogens is 380 g/mol. The summed E-state index contributed by atoms with van der Waals surface area (Å²) in [6.45, 7) is 8.86. The Balaban J connectivity index is 4.23. The molecule has 2 atom stereocenters. The number of hydrogen-bond donors (Lipinski definition) is 1. The standard InChI is InChI=1S/C29H58O2/c1-5-9-11-13-15-17-19-21-23-25-27(7-3)29(8-4,28(30)31)26-24-22-20-18-16-14-12-10-6-2/h27H,5-26H2,1-4H3,(H,30,31). The topological polar surface area (TPSA) is 37.3 Å². The van der Waals surface area contributed by atoms with Gasteiger partial charge in [-0.25, -0.2) is 0 Å². The Morgan fingerprint density at radius 2 is 1.00 bits per heavy atom. The van der Waals surface area contributed by atoms with Crippen molar-refractivity contribution in [2.24, 2.45) is 11.3 Å². The summed E-state index contributed by atoms with van der Waals surface area (Å²) < 4.78 is 0. The van der Waals surface area contributed by atoms with Gasteiger partial charge >= 0.3 is 5.97 Å². The van der Waals surface area contributed by atoms with Crippen LogP contribution >= 0.6 is 0 Å². The Bertz CT molecular complexity index is 392. The van der Waals surface area contributed by atoms with E-state index in [0.717, 1.165) is 32.1 Å². The molecular formula is C29H58O2. The van der Waals surface area contributed by atoms with E-state index in [1.165, 1.54) is 109 Å². The van der Waals surface area contributed by atoms with Gasteiger partial charge in [-0.3, -0.25) is 4.79 Å². The Morgan fingerprint density at radius 1 is 0.613 bits per heavy atom. The number of hydrogen-bond acceptors (Lipinski definition) is 1. The summed E-state index contributed by atoms with van der Waals surface area (Å²) in [6, 6.07) is 0. The van der Waals surface area contributed by atoms with Crippen LogP contribution in [0.1, 0.15) is 169 Å². The molecule has 0 amide bonds. The Hall–Kier alpha value is -0.530. The normalized spacial score (nSPS) is 14.5. The predicted octanol–water partition coefficient (Wildman–Crippen LogP) is 10.3. The van der Waals surface area contributed by atoms with Gasteiger partial charge in [0.15, 0.2) is 0 Å². The number of unbranched alkanes of at least 4 members (excludes halogenated alkanes) is 16. The molecule has 0 aromatic heterocycles. The van der Waals surface area contributed by atoms with Gasteiger partial charge in [0.05, 0.1) is 5.41 Å². The van der Waals surface area contributed by atoms with Gasteiger partial charge in [0, 0.05) is 0 Å². The molecule has 31 heavy (non-hydrogen) atoms. The summed E-state index contributed by atoms with van der Waals surface area (Å²) in [5.41, 5.74) is -0.490. The highest BCUT2D eigenvalue weighted by Crippen LogP contribution is 2.42. The third-order valence-corrected chi connectivity index (χ3v) is 7.71. The van der Waals surface area contributed by atoms with Crippen LogP contribution in [0.25, 0.3) is 0 Å². The number of carboxylic acids is 1. The lowest BCUT2D eigenvalue weighted by Gasteiger charge is -2.36. The van der Waals surface area contributed by atoms with Crippen LogP contribution in [0.3, 0.4) is 0 Å². The first kappa shape index (κ1) is 30.5. The van der Waals surface area contributed by atoms with E-state index in [2.05, 4.69) is 27.7 Å². The Morgan fingerprint density at radius 3 is 1.35 bits per heavy atom. The third kappa shape index (κ3) is 14.3. The highest BCUT2D eigenvalue weighted by molar-refractivity contribution is 5.75. The van der Waals surface area contributed by atoms with Crippen molar-refractivity contribution in [3.8, 4) is 0 Å². The van der Waals surface area contributed by atoms with E-state index in [9.17, 15) is 9.90 Å². The molecule has 0 spiro atoms. The Labute approximate surface area is 196 Å². The van der Waals surface area contributed by atoms with E-state index in [-0.39, 0.29) is 0 Å². The summed E-state index contributed by atoms with van der Waals surface area (Å²) in [6.07, 6.45) is 27.5. The summed E-state index contributed by atoms with van der Waals surface area (Å²) in [5, 5.41) is 10.2. The summed E-state index contributed by atoms with van der Waals surface area (Å²) >= 11 is 0. The first-order valence-corrected chi connectivity index (χ1v) is 14.3. The molecule has 0 heterocycles. The lowest BCUT2D eigenvalue weighted by molar-refractivity contribution is -0.154. The Kier molecular flexibility index (Phi) is 21.0. The van der Waals surface area contributed by atoms with Crippen molar-refractivity contribution in [2.75, 3.05) is 0 Å². The highest BCUT2D eigenvalue weighted by Gasteiger charge is 2.42. The fourth-order valence-electron chi connectivity index (χ4n) is 5.43. The molecule has 2 heteroatoms. The van der Waals surface area contributed by atoms with Crippen LogP contribution in [-0.4, -0.2) is 11.1 Å². The van der Waals surface area contributed by atoms with E-state index in [4.69, 9.17) is 0 Å². The minimum atomic E-state index is -0.530. The molecule has 0 aliphatic carbocycles. The highest BCUT2D eigenvalue weighted by atomic mass is 16.4. The van der Waals surface area contributed by atoms with Gasteiger partial charge < -0.3 is 5.11 Å². The summed E-state index contributed by atoms with van der Waals surface area (Å²) in [7, 11) is 0. The average molecular weight is 439 g/mol. The average Bonchev–Trinajstić information content (AvgIpc) is 2.77.